The van der Waals surface area contributed by atoms with Crippen LogP contribution in [0.5, 0.6) is 11.5 Å². The molecule has 0 amide bonds. The maximum atomic E-state index is 9.78. The van der Waals surface area contributed by atoms with E-state index in [9.17, 15) is 10.2 Å². The number of ether oxygens (including phenoxy) is 1. The minimum atomic E-state index is -0.0825. The summed E-state index contributed by atoms with van der Waals surface area (Å²) in [7, 11) is 1.57. The lowest BCUT2D eigenvalue weighted by atomic mass is 10.1. The van der Waals surface area contributed by atoms with Gasteiger partial charge in [-0.05, 0) is 36.4 Å². The van der Waals surface area contributed by atoms with E-state index in [4.69, 9.17) is 4.74 Å². The summed E-state index contributed by atoms with van der Waals surface area (Å²) in [5.41, 5.74) is 2.37. The topological polar surface area (TPSA) is 61.7 Å². The van der Waals surface area contributed by atoms with Crippen molar-refractivity contribution in [1.82, 2.24) is 0 Å². The summed E-state index contributed by atoms with van der Waals surface area (Å²) in [6.07, 6.45) is 0. The fourth-order valence-corrected chi connectivity index (χ4v) is 2.31. The van der Waals surface area contributed by atoms with Gasteiger partial charge in [0, 0.05) is 27.8 Å². The van der Waals surface area contributed by atoms with Crippen LogP contribution in [-0.4, -0.2) is 17.3 Å². The van der Waals surface area contributed by atoms with E-state index in [1.807, 2.05) is 18.2 Å². The molecule has 20 heavy (non-hydrogen) atoms. The first-order valence-corrected chi connectivity index (χ1v) is 6.92. The zero-order valence-corrected chi connectivity index (χ0v) is 12.6. The summed E-state index contributed by atoms with van der Waals surface area (Å²) >= 11 is 3.38. The zero-order chi connectivity index (χ0) is 14.5. The van der Waals surface area contributed by atoms with Gasteiger partial charge in [0.25, 0.3) is 0 Å². The molecule has 5 heteroatoms. The van der Waals surface area contributed by atoms with Crippen LogP contribution >= 0.6 is 15.9 Å². The van der Waals surface area contributed by atoms with E-state index in [1.165, 1.54) is 0 Å². The Labute approximate surface area is 126 Å². The highest BCUT2D eigenvalue weighted by Gasteiger charge is 2.05. The first kappa shape index (κ1) is 14.7. The van der Waals surface area contributed by atoms with Crippen molar-refractivity contribution < 1.29 is 14.9 Å². The normalized spacial score (nSPS) is 10.3. The second-order valence-electron chi connectivity index (χ2n) is 4.31. The molecule has 2 aromatic rings. The minimum Gasteiger partial charge on any atom is -0.508 e. The fraction of sp³-hybridized carbons (Fsp3) is 0.200. The van der Waals surface area contributed by atoms with Gasteiger partial charge >= 0.3 is 0 Å². The van der Waals surface area contributed by atoms with Gasteiger partial charge in [0.05, 0.1) is 13.7 Å². The molecule has 106 valence electrons. The molecule has 0 bridgehead atoms. The van der Waals surface area contributed by atoms with Crippen LogP contribution in [-0.2, 0) is 13.2 Å². The first-order chi connectivity index (χ1) is 9.63. The van der Waals surface area contributed by atoms with Gasteiger partial charge in [0.15, 0.2) is 0 Å². The Balaban J connectivity index is 2.12. The molecule has 0 aliphatic carbocycles. The van der Waals surface area contributed by atoms with Crippen molar-refractivity contribution in [2.45, 2.75) is 13.2 Å². The van der Waals surface area contributed by atoms with Gasteiger partial charge in [0.1, 0.15) is 11.5 Å². The molecule has 0 radical (unpaired) electrons. The molecule has 0 aliphatic heterocycles. The van der Waals surface area contributed by atoms with E-state index in [1.54, 1.807) is 25.3 Å². The molecule has 0 aromatic heterocycles. The molecule has 0 aliphatic rings. The predicted molar refractivity (Wildman–Crippen MR) is 82.1 cm³/mol. The number of anilines is 1. The van der Waals surface area contributed by atoms with Crippen molar-refractivity contribution in [3.63, 3.8) is 0 Å². The highest BCUT2D eigenvalue weighted by atomic mass is 79.9. The number of aliphatic hydroxyl groups excluding tert-OH is 1. The van der Waals surface area contributed by atoms with Crippen molar-refractivity contribution in [1.29, 1.82) is 0 Å². The Hall–Kier alpha value is -1.72. The molecule has 3 N–H and O–H groups in total. The van der Waals surface area contributed by atoms with Crippen LogP contribution in [0.1, 0.15) is 11.1 Å². The van der Waals surface area contributed by atoms with Gasteiger partial charge in [-0.25, -0.2) is 0 Å². The average Bonchev–Trinajstić information content (AvgIpc) is 2.47. The van der Waals surface area contributed by atoms with E-state index < -0.39 is 0 Å². The third-order valence-electron chi connectivity index (χ3n) is 2.98. The van der Waals surface area contributed by atoms with Crippen LogP contribution in [0.2, 0.25) is 0 Å². The Morgan fingerprint density at radius 1 is 1.15 bits per heavy atom. The maximum Gasteiger partial charge on any atom is 0.124 e. The Bertz CT molecular complexity index is 602. The number of rotatable bonds is 5. The second-order valence-corrected chi connectivity index (χ2v) is 5.23. The van der Waals surface area contributed by atoms with Crippen LogP contribution in [0.4, 0.5) is 5.69 Å². The number of phenols is 1. The number of methoxy groups -OCH3 is 1. The minimum absolute atomic E-state index is 0.0825. The number of phenolic OH excluding ortho intramolecular Hbond substituents is 1. The zero-order valence-electron chi connectivity index (χ0n) is 11.1. The predicted octanol–water partition coefficient (Wildman–Crippen LogP) is 3.27. The highest BCUT2D eigenvalue weighted by Crippen LogP contribution is 2.25. The lowest BCUT2D eigenvalue weighted by Crippen LogP contribution is -2.01. The van der Waals surface area contributed by atoms with Gasteiger partial charge < -0.3 is 20.3 Å². The molecule has 0 saturated carbocycles. The lowest BCUT2D eigenvalue weighted by molar-refractivity contribution is 0.274. The van der Waals surface area contributed by atoms with Gasteiger partial charge in [-0.1, -0.05) is 15.9 Å². The summed E-state index contributed by atoms with van der Waals surface area (Å²) in [6.45, 7) is 0.406. The van der Waals surface area contributed by atoms with Crippen molar-refractivity contribution in [3.05, 3.63) is 52.0 Å². The van der Waals surface area contributed by atoms with Crippen molar-refractivity contribution in [3.8, 4) is 11.5 Å². The van der Waals surface area contributed by atoms with Crippen LogP contribution < -0.4 is 10.1 Å². The Morgan fingerprint density at radius 2 is 1.95 bits per heavy atom. The average molecular weight is 338 g/mol. The number of hydrogen-bond acceptors (Lipinski definition) is 4. The number of nitrogens with one attached hydrogen (secondary N) is 1. The quantitative estimate of drug-likeness (QED) is 0.783. The van der Waals surface area contributed by atoms with Gasteiger partial charge in [-0.2, -0.15) is 0 Å². The third-order valence-corrected chi connectivity index (χ3v) is 3.47. The molecule has 0 unspecified atom stereocenters. The highest BCUT2D eigenvalue weighted by molar-refractivity contribution is 9.10. The van der Waals surface area contributed by atoms with Crippen molar-refractivity contribution >= 4 is 21.6 Å². The van der Waals surface area contributed by atoms with Crippen LogP contribution in [0.25, 0.3) is 0 Å². The van der Waals surface area contributed by atoms with E-state index in [0.717, 1.165) is 21.3 Å². The third kappa shape index (κ3) is 3.43. The number of hydrogen-bond donors (Lipinski definition) is 3. The maximum absolute atomic E-state index is 9.78. The summed E-state index contributed by atoms with van der Waals surface area (Å²) in [5, 5.41) is 22.3. The summed E-state index contributed by atoms with van der Waals surface area (Å²) in [6, 6.07) is 10.8. The first-order valence-electron chi connectivity index (χ1n) is 6.13. The second kappa shape index (κ2) is 6.63. The molecular formula is C15H16BrNO3. The molecule has 2 rings (SSSR count). The number of benzene rings is 2. The van der Waals surface area contributed by atoms with Gasteiger partial charge in [-0.3, -0.25) is 0 Å². The molecule has 2 aromatic carbocycles. The summed E-state index contributed by atoms with van der Waals surface area (Å²) in [5.74, 6) is 0.903. The molecule has 0 spiro atoms. The standard InChI is InChI=1S/C15H16BrNO3/c1-20-15-5-3-13(7-11(15)9-18)17-8-10-6-12(16)2-4-14(10)19/h2-7,17-19H,8-9H2,1H3. The number of aliphatic hydroxyl groups is 1. The molecule has 4 nitrogen and oxygen atoms in total. The Morgan fingerprint density at radius 3 is 2.65 bits per heavy atom. The van der Waals surface area contributed by atoms with Crippen LogP contribution in [0.15, 0.2) is 40.9 Å². The van der Waals surface area contributed by atoms with Gasteiger partial charge in [0.2, 0.25) is 0 Å². The van der Waals surface area contributed by atoms with E-state index in [2.05, 4.69) is 21.2 Å². The van der Waals surface area contributed by atoms with Crippen molar-refractivity contribution in [2.75, 3.05) is 12.4 Å². The van der Waals surface area contributed by atoms with E-state index in [-0.39, 0.29) is 12.4 Å². The van der Waals surface area contributed by atoms with Gasteiger partial charge in [-0.15, -0.1) is 0 Å². The Kier molecular flexibility index (Phi) is 4.87. The van der Waals surface area contributed by atoms with Crippen LogP contribution in [0.3, 0.4) is 0 Å². The van der Waals surface area contributed by atoms with E-state index >= 15 is 0 Å². The summed E-state index contributed by atoms with van der Waals surface area (Å²) in [4.78, 5) is 0. The fourth-order valence-electron chi connectivity index (χ4n) is 1.91. The van der Waals surface area contributed by atoms with Crippen LogP contribution in [0, 0.1) is 0 Å². The SMILES string of the molecule is COc1ccc(NCc2cc(Br)ccc2O)cc1CO. The molecular weight excluding hydrogens is 322 g/mol. The summed E-state index contributed by atoms with van der Waals surface area (Å²) < 4.78 is 6.07. The smallest absolute Gasteiger partial charge is 0.124 e. The number of halogens is 1. The molecule has 0 heterocycles. The molecule has 0 saturated heterocycles. The number of aromatic hydroxyl groups is 1. The van der Waals surface area contributed by atoms with Crippen molar-refractivity contribution in [2.24, 2.45) is 0 Å². The molecule has 0 fully saturated rings. The lowest BCUT2D eigenvalue weighted by Gasteiger charge is -2.12. The monoisotopic (exact) mass is 337 g/mol. The van der Waals surface area contributed by atoms with E-state index in [0.29, 0.717) is 12.3 Å². The molecule has 0 atom stereocenters. The largest absolute Gasteiger partial charge is 0.508 e.